The van der Waals surface area contributed by atoms with Crippen LogP contribution in [-0.4, -0.2) is 55.3 Å². The second-order valence-electron chi connectivity index (χ2n) is 9.79. The highest BCUT2D eigenvalue weighted by Gasteiger charge is 2.70. The van der Waals surface area contributed by atoms with Crippen molar-refractivity contribution >= 4 is 29.3 Å². The molecule has 2 aromatic rings. The number of fused-ring (bicyclic) bond motifs is 4. The van der Waals surface area contributed by atoms with Crippen LogP contribution < -0.4 is 25.8 Å². The van der Waals surface area contributed by atoms with E-state index < -0.39 is 35.2 Å². The summed E-state index contributed by atoms with van der Waals surface area (Å²) in [5.74, 6) is -2.18. The molecule has 37 heavy (non-hydrogen) atoms. The fraction of sp³-hybridized carbons (Fsp3) is 0.407. The molecule has 4 amide bonds. The number of primary amides is 1. The van der Waals surface area contributed by atoms with Crippen LogP contribution in [0.1, 0.15) is 29.5 Å². The Kier molecular flexibility index (Phi) is 6.15. The van der Waals surface area contributed by atoms with Gasteiger partial charge in [0.1, 0.15) is 5.54 Å². The van der Waals surface area contributed by atoms with E-state index in [1.807, 2.05) is 37.3 Å². The summed E-state index contributed by atoms with van der Waals surface area (Å²) in [5.41, 5.74) is 7.04. The van der Waals surface area contributed by atoms with Gasteiger partial charge in [0.15, 0.2) is 11.5 Å². The molecule has 0 aromatic heterocycles. The van der Waals surface area contributed by atoms with E-state index in [-0.39, 0.29) is 31.2 Å². The number of nitrogens with two attached hydrogens (primary N) is 1. The van der Waals surface area contributed by atoms with E-state index >= 15 is 0 Å². The lowest BCUT2D eigenvalue weighted by Crippen LogP contribution is -2.53. The van der Waals surface area contributed by atoms with Gasteiger partial charge in [-0.3, -0.25) is 29.4 Å². The highest BCUT2D eigenvalue weighted by molar-refractivity contribution is 6.15. The molecule has 5 rings (SSSR count). The summed E-state index contributed by atoms with van der Waals surface area (Å²) in [7, 11) is 3.09. The topological polar surface area (TPSA) is 140 Å². The van der Waals surface area contributed by atoms with E-state index in [1.54, 1.807) is 20.3 Å². The SMILES string of the molecule is COc1ccc(CCN2C(=O)[C@@H]3[C@H](CCC(N)=O)N[C@@]4(C(=O)Nc5c(C)cccc54)[C@@H]3C2=O)cc1OC. The van der Waals surface area contributed by atoms with Crippen LogP contribution in [0.5, 0.6) is 11.5 Å². The first-order chi connectivity index (χ1) is 17.7. The number of carbonyl (C=O) groups excluding carboxylic acids is 4. The van der Waals surface area contributed by atoms with Gasteiger partial charge in [-0.25, -0.2) is 0 Å². The number of hydrogen-bond acceptors (Lipinski definition) is 7. The highest BCUT2D eigenvalue weighted by Crippen LogP contribution is 2.54. The fourth-order valence-electron chi connectivity index (χ4n) is 6.08. The number of para-hydroxylation sites is 1. The van der Waals surface area contributed by atoms with Gasteiger partial charge in [-0.2, -0.15) is 0 Å². The molecule has 2 saturated heterocycles. The average Bonchev–Trinajstić information content (AvgIpc) is 3.46. The van der Waals surface area contributed by atoms with Crippen molar-refractivity contribution in [1.82, 2.24) is 10.2 Å². The summed E-state index contributed by atoms with van der Waals surface area (Å²) in [5, 5.41) is 6.25. The Morgan fingerprint density at radius 2 is 1.84 bits per heavy atom. The van der Waals surface area contributed by atoms with Gasteiger partial charge in [0.25, 0.3) is 0 Å². The molecule has 194 valence electrons. The van der Waals surface area contributed by atoms with Crippen LogP contribution in [0, 0.1) is 18.8 Å². The molecular weight excluding hydrogens is 476 g/mol. The quantitative estimate of drug-likeness (QED) is 0.458. The number of anilines is 1. The minimum absolute atomic E-state index is 0.0341. The molecule has 2 aromatic carbocycles. The van der Waals surface area contributed by atoms with Gasteiger partial charge in [-0.05, 0) is 43.0 Å². The Hall–Kier alpha value is -3.92. The van der Waals surface area contributed by atoms with Gasteiger partial charge in [0.2, 0.25) is 23.6 Å². The minimum atomic E-state index is -1.39. The number of nitrogens with zero attached hydrogens (tertiary/aromatic N) is 1. The van der Waals surface area contributed by atoms with Crippen molar-refractivity contribution in [2.24, 2.45) is 17.6 Å². The molecule has 3 aliphatic rings. The molecular formula is C27H30N4O6. The summed E-state index contributed by atoms with van der Waals surface area (Å²) >= 11 is 0. The first-order valence-electron chi connectivity index (χ1n) is 12.3. The van der Waals surface area contributed by atoms with Crippen molar-refractivity contribution < 1.29 is 28.7 Å². The summed E-state index contributed by atoms with van der Waals surface area (Å²) in [4.78, 5) is 53.9. The number of amides is 4. The van der Waals surface area contributed by atoms with E-state index in [4.69, 9.17) is 15.2 Å². The summed E-state index contributed by atoms with van der Waals surface area (Å²) in [6.07, 6.45) is 0.688. The molecule has 3 heterocycles. The summed E-state index contributed by atoms with van der Waals surface area (Å²) in [6, 6.07) is 10.4. The van der Waals surface area contributed by atoms with E-state index in [2.05, 4.69) is 10.6 Å². The van der Waals surface area contributed by atoms with Crippen molar-refractivity contribution in [3.63, 3.8) is 0 Å². The molecule has 4 N–H and O–H groups in total. The number of benzene rings is 2. The maximum Gasteiger partial charge on any atom is 0.250 e. The van der Waals surface area contributed by atoms with Crippen molar-refractivity contribution in [1.29, 1.82) is 0 Å². The lowest BCUT2D eigenvalue weighted by molar-refractivity contribution is -0.142. The Morgan fingerprint density at radius 3 is 2.54 bits per heavy atom. The van der Waals surface area contributed by atoms with Crippen LogP contribution in [0.4, 0.5) is 5.69 Å². The molecule has 4 atom stereocenters. The molecule has 0 saturated carbocycles. The number of hydrogen-bond donors (Lipinski definition) is 3. The largest absolute Gasteiger partial charge is 0.493 e. The first-order valence-corrected chi connectivity index (χ1v) is 12.3. The molecule has 1 spiro atoms. The van der Waals surface area contributed by atoms with Crippen LogP contribution in [0.3, 0.4) is 0 Å². The van der Waals surface area contributed by atoms with Crippen LogP contribution in [-0.2, 0) is 31.1 Å². The van der Waals surface area contributed by atoms with Crippen LogP contribution >= 0.6 is 0 Å². The highest BCUT2D eigenvalue weighted by atomic mass is 16.5. The predicted molar refractivity (Wildman–Crippen MR) is 134 cm³/mol. The number of likely N-dealkylation sites (tertiary alicyclic amines) is 1. The number of carbonyl (C=O) groups is 4. The number of aryl methyl sites for hydroxylation is 1. The number of imide groups is 1. The molecule has 0 unspecified atom stereocenters. The van der Waals surface area contributed by atoms with Crippen molar-refractivity contribution in [3.05, 3.63) is 53.1 Å². The number of methoxy groups -OCH3 is 2. The van der Waals surface area contributed by atoms with E-state index in [0.29, 0.717) is 29.2 Å². The Labute approximate surface area is 214 Å². The zero-order chi connectivity index (χ0) is 26.5. The number of ether oxygens (including phenoxy) is 2. The Balaban J connectivity index is 1.48. The molecule has 0 radical (unpaired) electrons. The maximum atomic E-state index is 13.9. The van der Waals surface area contributed by atoms with E-state index in [1.165, 1.54) is 4.90 Å². The summed E-state index contributed by atoms with van der Waals surface area (Å²) < 4.78 is 10.7. The summed E-state index contributed by atoms with van der Waals surface area (Å²) in [6.45, 7) is 2.03. The second-order valence-corrected chi connectivity index (χ2v) is 9.79. The molecule has 2 fully saturated rings. The normalized spacial score (nSPS) is 25.9. The third kappa shape index (κ3) is 3.74. The van der Waals surface area contributed by atoms with Gasteiger partial charge in [-0.15, -0.1) is 0 Å². The van der Waals surface area contributed by atoms with Gasteiger partial charge >= 0.3 is 0 Å². The van der Waals surface area contributed by atoms with Gasteiger partial charge in [-0.1, -0.05) is 24.3 Å². The lowest BCUT2D eigenvalue weighted by atomic mass is 9.76. The Morgan fingerprint density at radius 1 is 1.08 bits per heavy atom. The average molecular weight is 507 g/mol. The van der Waals surface area contributed by atoms with Crippen molar-refractivity contribution in [3.8, 4) is 11.5 Å². The number of rotatable bonds is 8. The van der Waals surface area contributed by atoms with E-state index in [9.17, 15) is 19.2 Å². The number of nitrogens with one attached hydrogen (secondary N) is 2. The molecule has 10 heteroatoms. The lowest BCUT2D eigenvalue weighted by Gasteiger charge is -2.29. The standard InChI is InChI=1S/C27H30N4O6/c1-14-5-4-6-16-23(14)29-26(35)27(16)22-21(17(30-27)8-10-20(28)32)24(33)31(25(22)34)12-11-15-7-9-18(36-2)19(13-15)37-3/h4-7,9,13,17,21-22,30H,8,10-12H2,1-3H3,(H2,28,32)(H,29,35)/t17-,21+,22-,27+/m0/s1. The molecule has 0 aliphatic carbocycles. The molecule has 3 aliphatic heterocycles. The molecule has 0 bridgehead atoms. The van der Waals surface area contributed by atoms with Crippen LogP contribution in [0.25, 0.3) is 0 Å². The third-order valence-electron chi connectivity index (χ3n) is 7.82. The second kappa shape index (κ2) is 9.19. The Bertz CT molecular complexity index is 1310. The minimum Gasteiger partial charge on any atom is -0.493 e. The van der Waals surface area contributed by atoms with Gasteiger partial charge < -0.3 is 20.5 Å². The van der Waals surface area contributed by atoms with Crippen LogP contribution in [0.15, 0.2) is 36.4 Å². The fourth-order valence-corrected chi connectivity index (χ4v) is 6.08. The molecule has 10 nitrogen and oxygen atoms in total. The first kappa shape index (κ1) is 24.8. The smallest absolute Gasteiger partial charge is 0.250 e. The van der Waals surface area contributed by atoms with Gasteiger partial charge in [0, 0.05) is 30.3 Å². The van der Waals surface area contributed by atoms with E-state index in [0.717, 1.165) is 11.1 Å². The van der Waals surface area contributed by atoms with Crippen molar-refractivity contribution in [2.75, 3.05) is 26.1 Å². The van der Waals surface area contributed by atoms with Crippen LogP contribution in [0.2, 0.25) is 0 Å². The maximum absolute atomic E-state index is 13.9. The van der Waals surface area contributed by atoms with Crippen molar-refractivity contribution in [2.45, 2.75) is 37.8 Å². The van der Waals surface area contributed by atoms with Gasteiger partial charge in [0.05, 0.1) is 26.1 Å². The zero-order valence-electron chi connectivity index (χ0n) is 21.0. The predicted octanol–water partition coefficient (Wildman–Crippen LogP) is 1.24. The zero-order valence-corrected chi connectivity index (χ0v) is 21.0. The monoisotopic (exact) mass is 506 g/mol. The third-order valence-corrected chi connectivity index (χ3v) is 7.82.